The Morgan fingerprint density at radius 3 is 2.62 bits per heavy atom. The van der Waals surface area contributed by atoms with Crippen LogP contribution in [0, 0.1) is 13.8 Å². The molecule has 0 unspecified atom stereocenters. The number of fused-ring (bicyclic) bond motifs is 2. The number of aromatic nitrogens is 1. The Balaban J connectivity index is 1.63. The van der Waals surface area contributed by atoms with Crippen LogP contribution in [0.25, 0.3) is 27.6 Å². The van der Waals surface area contributed by atoms with Crippen molar-refractivity contribution in [2.45, 2.75) is 27.4 Å². The maximum atomic E-state index is 13.0. The number of benzene rings is 3. The number of esters is 1. The van der Waals surface area contributed by atoms with E-state index < -0.39 is 11.6 Å². The Morgan fingerprint density at radius 1 is 1.05 bits per heavy atom. The highest BCUT2D eigenvalue weighted by Crippen LogP contribution is 2.38. The van der Waals surface area contributed by atoms with Gasteiger partial charge in [0, 0.05) is 38.8 Å². The summed E-state index contributed by atoms with van der Waals surface area (Å²) in [5.74, 6) is 0.108. The number of ether oxygens (including phenoxy) is 2. The molecule has 0 spiro atoms. The molecule has 5 rings (SSSR count). The predicted molar refractivity (Wildman–Crippen MR) is 148 cm³/mol. The van der Waals surface area contributed by atoms with Crippen LogP contribution in [0.3, 0.4) is 0 Å². The first-order valence-electron chi connectivity index (χ1n) is 11.7. The summed E-state index contributed by atoms with van der Waals surface area (Å²) in [5, 5.41) is 2.08. The molecule has 0 bridgehead atoms. The Kier molecular flexibility index (Phi) is 6.84. The van der Waals surface area contributed by atoms with E-state index in [-0.39, 0.29) is 13.2 Å². The van der Waals surface area contributed by atoms with Crippen molar-refractivity contribution in [3.05, 3.63) is 103 Å². The van der Waals surface area contributed by atoms with Gasteiger partial charge in [-0.15, -0.1) is 0 Å². The molecule has 0 saturated carbocycles. The second kappa shape index (κ2) is 10.1. The highest BCUT2D eigenvalue weighted by molar-refractivity contribution is 9.10. The number of halogens is 2. The lowest BCUT2D eigenvalue weighted by atomic mass is 10.1. The van der Waals surface area contributed by atoms with E-state index in [4.69, 9.17) is 25.5 Å². The van der Waals surface area contributed by atoms with Gasteiger partial charge < -0.3 is 18.5 Å². The molecule has 6 nitrogen and oxygen atoms in total. The summed E-state index contributed by atoms with van der Waals surface area (Å²) in [5.41, 5.74) is 4.61. The summed E-state index contributed by atoms with van der Waals surface area (Å²) in [6, 6.07) is 18.2. The Morgan fingerprint density at radius 2 is 1.86 bits per heavy atom. The number of carbonyl (C=O) groups is 1. The maximum Gasteiger partial charge on any atom is 0.340 e. The minimum absolute atomic E-state index is 0.137. The van der Waals surface area contributed by atoms with Crippen molar-refractivity contribution in [2.24, 2.45) is 0 Å². The Labute approximate surface area is 226 Å². The first kappa shape index (κ1) is 25.1. The molecule has 2 heterocycles. The molecule has 0 saturated heterocycles. The van der Waals surface area contributed by atoms with Crippen molar-refractivity contribution in [3.8, 4) is 11.4 Å². The zero-order valence-corrected chi connectivity index (χ0v) is 22.8. The number of hydrogen-bond donors (Lipinski definition) is 0. The second-order valence-corrected chi connectivity index (χ2v) is 9.97. The highest BCUT2D eigenvalue weighted by atomic mass is 79.9. The lowest BCUT2D eigenvalue weighted by molar-refractivity contribution is 0.0527. The van der Waals surface area contributed by atoms with E-state index >= 15 is 0 Å². The van der Waals surface area contributed by atoms with E-state index in [0.717, 1.165) is 27.8 Å². The molecule has 8 heteroatoms. The van der Waals surface area contributed by atoms with Crippen molar-refractivity contribution in [1.29, 1.82) is 0 Å². The summed E-state index contributed by atoms with van der Waals surface area (Å²) in [7, 11) is 0. The van der Waals surface area contributed by atoms with Crippen LogP contribution >= 0.6 is 27.5 Å². The third kappa shape index (κ3) is 4.77. The molecule has 3 aromatic carbocycles. The summed E-state index contributed by atoms with van der Waals surface area (Å²) in [6.45, 7) is 6.02. The van der Waals surface area contributed by atoms with Gasteiger partial charge in [-0.2, -0.15) is 0 Å². The largest absolute Gasteiger partial charge is 0.488 e. The normalized spacial score (nSPS) is 11.3. The average Bonchev–Trinajstić information content (AvgIpc) is 3.13. The molecule has 0 aliphatic carbocycles. The summed E-state index contributed by atoms with van der Waals surface area (Å²) in [6.07, 6.45) is 0. The minimum Gasteiger partial charge on any atom is -0.488 e. The highest BCUT2D eigenvalue weighted by Gasteiger charge is 2.24. The molecule has 0 atom stereocenters. The second-order valence-electron chi connectivity index (χ2n) is 8.67. The van der Waals surface area contributed by atoms with Gasteiger partial charge in [0.15, 0.2) is 0 Å². The zero-order chi connectivity index (χ0) is 26.3. The van der Waals surface area contributed by atoms with Crippen LogP contribution in [0.5, 0.6) is 5.75 Å². The monoisotopic (exact) mass is 579 g/mol. The summed E-state index contributed by atoms with van der Waals surface area (Å²) < 4.78 is 19.6. The minimum atomic E-state index is -0.441. The third-order valence-electron chi connectivity index (χ3n) is 6.17. The van der Waals surface area contributed by atoms with E-state index in [0.29, 0.717) is 37.3 Å². The van der Waals surface area contributed by atoms with E-state index in [1.807, 2.05) is 60.9 Å². The predicted octanol–water partition coefficient (Wildman–Crippen LogP) is 7.53. The van der Waals surface area contributed by atoms with Crippen molar-refractivity contribution < 1.29 is 18.7 Å². The zero-order valence-electron chi connectivity index (χ0n) is 20.4. The third-order valence-corrected chi connectivity index (χ3v) is 7.03. The van der Waals surface area contributed by atoms with Gasteiger partial charge in [0.1, 0.15) is 17.9 Å². The molecule has 0 aliphatic rings. The van der Waals surface area contributed by atoms with Crippen LogP contribution in [0.15, 0.2) is 74.3 Å². The van der Waals surface area contributed by atoms with Crippen molar-refractivity contribution >= 4 is 55.4 Å². The fourth-order valence-corrected chi connectivity index (χ4v) is 5.18. The van der Waals surface area contributed by atoms with Gasteiger partial charge in [-0.05, 0) is 79.2 Å². The lowest BCUT2D eigenvalue weighted by Crippen LogP contribution is -2.07. The van der Waals surface area contributed by atoms with Gasteiger partial charge in [-0.1, -0.05) is 29.3 Å². The van der Waals surface area contributed by atoms with Gasteiger partial charge in [0.25, 0.3) is 0 Å². The molecule has 5 aromatic rings. The maximum absolute atomic E-state index is 13.0. The molecule has 0 radical (unpaired) electrons. The van der Waals surface area contributed by atoms with Crippen molar-refractivity contribution in [3.63, 3.8) is 0 Å². The van der Waals surface area contributed by atoms with E-state index in [1.165, 1.54) is 6.07 Å². The Bertz CT molecular complexity index is 1740. The number of hydrogen-bond acceptors (Lipinski definition) is 5. The molecule has 188 valence electrons. The van der Waals surface area contributed by atoms with E-state index in [2.05, 4.69) is 15.9 Å². The number of aryl methyl sites for hydroxylation is 1. The van der Waals surface area contributed by atoms with Crippen LogP contribution < -0.4 is 10.4 Å². The summed E-state index contributed by atoms with van der Waals surface area (Å²) in [4.78, 5) is 25.2. The SMILES string of the molecule is CCOC(=O)c1c(C)n(-c2cccc(Cl)c2)c2cc(Br)c(OCc3cc(=O)oc4ccc(C)cc34)cc12. The Hall–Kier alpha value is -3.55. The first-order chi connectivity index (χ1) is 17.8. The van der Waals surface area contributed by atoms with Crippen molar-refractivity contribution in [2.75, 3.05) is 6.61 Å². The fraction of sp³-hybridized carbons (Fsp3) is 0.172. The van der Waals surface area contributed by atoms with Crippen LogP contribution in [-0.4, -0.2) is 17.1 Å². The van der Waals surface area contributed by atoms with Gasteiger partial charge in [-0.3, -0.25) is 0 Å². The van der Waals surface area contributed by atoms with Crippen LogP contribution in [0.1, 0.15) is 34.1 Å². The quantitative estimate of drug-likeness (QED) is 0.153. The molecule has 37 heavy (non-hydrogen) atoms. The summed E-state index contributed by atoms with van der Waals surface area (Å²) >= 11 is 9.90. The standard InChI is InChI=1S/C29H23BrClNO5/c1-4-35-29(34)28-17(3)32(20-7-5-6-19(31)12-20)24-14-23(30)26(13-22(24)28)36-15-18-11-27(33)37-25-9-8-16(2)10-21(18)25/h5-14H,4,15H2,1-3H3. The molecule has 0 aliphatic heterocycles. The molecule has 0 fully saturated rings. The average molecular weight is 581 g/mol. The molecular formula is C29H23BrClNO5. The fourth-order valence-electron chi connectivity index (χ4n) is 4.55. The smallest absolute Gasteiger partial charge is 0.340 e. The number of rotatable bonds is 6. The van der Waals surface area contributed by atoms with E-state index in [1.54, 1.807) is 19.1 Å². The number of nitrogens with zero attached hydrogens (tertiary/aromatic N) is 1. The van der Waals surface area contributed by atoms with Gasteiger partial charge in [-0.25, -0.2) is 9.59 Å². The molecule has 0 amide bonds. The topological polar surface area (TPSA) is 70.7 Å². The molecular weight excluding hydrogens is 558 g/mol. The van der Waals surface area contributed by atoms with Crippen LogP contribution in [0.2, 0.25) is 5.02 Å². The van der Waals surface area contributed by atoms with Crippen LogP contribution in [-0.2, 0) is 11.3 Å². The molecule has 0 N–H and O–H groups in total. The van der Waals surface area contributed by atoms with Gasteiger partial charge >= 0.3 is 11.6 Å². The van der Waals surface area contributed by atoms with Gasteiger partial charge in [0.2, 0.25) is 0 Å². The van der Waals surface area contributed by atoms with E-state index in [9.17, 15) is 9.59 Å². The molecule has 2 aromatic heterocycles. The first-order valence-corrected chi connectivity index (χ1v) is 12.9. The van der Waals surface area contributed by atoms with Gasteiger partial charge in [0.05, 0.1) is 22.2 Å². The van der Waals surface area contributed by atoms with Crippen molar-refractivity contribution in [1.82, 2.24) is 4.57 Å². The number of carbonyl (C=O) groups excluding carboxylic acids is 1. The lowest BCUT2D eigenvalue weighted by Gasteiger charge is -2.12. The van der Waals surface area contributed by atoms with Crippen LogP contribution in [0.4, 0.5) is 0 Å².